The molecule has 4 nitrogen and oxygen atoms in total. The molecule has 1 heterocycles. The second-order valence-electron chi connectivity index (χ2n) is 3.82. The molecule has 0 radical (unpaired) electrons. The second-order valence-corrected chi connectivity index (χ2v) is 3.82. The van der Waals surface area contributed by atoms with Crippen molar-refractivity contribution in [1.82, 2.24) is 0 Å². The van der Waals surface area contributed by atoms with Crippen molar-refractivity contribution < 1.29 is 9.94 Å². The molecule has 82 valence electrons. The van der Waals surface area contributed by atoms with E-state index in [2.05, 4.69) is 9.74 Å². The summed E-state index contributed by atoms with van der Waals surface area (Å²) in [4.78, 5) is 6.79. The maximum Gasteiger partial charge on any atom is 0.188 e. The summed E-state index contributed by atoms with van der Waals surface area (Å²) >= 11 is 0. The third-order valence-electron chi connectivity index (χ3n) is 2.79. The fraction of sp³-hybridized carbons (Fsp3) is 0.455. The highest BCUT2D eigenvalue weighted by Gasteiger charge is 2.12. The Morgan fingerprint density at radius 3 is 2.53 bits per heavy atom. The Bertz CT molecular complexity index is 335. The van der Waals surface area contributed by atoms with Gasteiger partial charge in [0.05, 0.1) is 0 Å². The number of nitrogens with zero attached hydrogens (tertiary/aromatic N) is 1. The van der Waals surface area contributed by atoms with E-state index in [1.807, 2.05) is 6.07 Å². The molecule has 0 bridgehead atoms. The normalized spacial score (nSPS) is 16.5. The average Bonchev–Trinajstić information content (AvgIpc) is 2.30. The van der Waals surface area contributed by atoms with Crippen LogP contribution in [-0.2, 0) is 0 Å². The van der Waals surface area contributed by atoms with E-state index in [0.717, 1.165) is 18.8 Å². The van der Waals surface area contributed by atoms with Gasteiger partial charge < -0.3 is 14.8 Å². The average molecular weight is 208 g/mol. The monoisotopic (exact) mass is 208 g/mol. The van der Waals surface area contributed by atoms with Crippen molar-refractivity contribution in [3.05, 3.63) is 18.2 Å². The van der Waals surface area contributed by atoms with Crippen LogP contribution < -0.4 is 15.6 Å². The van der Waals surface area contributed by atoms with E-state index in [1.54, 1.807) is 12.1 Å². The number of phenolic OH excluding ortho intramolecular Hbond substituents is 1. The van der Waals surface area contributed by atoms with E-state index >= 15 is 0 Å². The van der Waals surface area contributed by atoms with Gasteiger partial charge in [-0.25, -0.2) is 0 Å². The van der Waals surface area contributed by atoms with Crippen LogP contribution in [0.3, 0.4) is 0 Å². The smallest absolute Gasteiger partial charge is 0.188 e. The van der Waals surface area contributed by atoms with Gasteiger partial charge in [0.25, 0.3) is 0 Å². The number of anilines is 1. The van der Waals surface area contributed by atoms with E-state index in [-0.39, 0.29) is 5.75 Å². The highest BCUT2D eigenvalue weighted by atomic mass is 16.6. The van der Waals surface area contributed by atoms with Gasteiger partial charge in [-0.1, -0.05) is 0 Å². The predicted molar refractivity (Wildman–Crippen MR) is 59.0 cm³/mol. The molecule has 1 fully saturated rings. The first-order valence-corrected chi connectivity index (χ1v) is 5.26. The number of aromatic hydroxyl groups is 1. The van der Waals surface area contributed by atoms with Crippen molar-refractivity contribution in [1.29, 1.82) is 0 Å². The van der Waals surface area contributed by atoms with Gasteiger partial charge in [-0.2, -0.15) is 5.90 Å². The molecule has 1 saturated heterocycles. The van der Waals surface area contributed by atoms with Crippen molar-refractivity contribution >= 4 is 5.69 Å². The first kappa shape index (κ1) is 10.1. The van der Waals surface area contributed by atoms with Crippen molar-refractivity contribution in [2.24, 2.45) is 5.90 Å². The molecule has 2 rings (SSSR count). The number of piperidine rings is 1. The molecule has 1 aromatic carbocycles. The van der Waals surface area contributed by atoms with Gasteiger partial charge in [0.1, 0.15) is 0 Å². The van der Waals surface area contributed by atoms with E-state index in [4.69, 9.17) is 5.90 Å². The highest BCUT2D eigenvalue weighted by Crippen LogP contribution is 2.31. The first-order valence-electron chi connectivity index (χ1n) is 5.26. The van der Waals surface area contributed by atoms with Crippen LogP contribution in [0.15, 0.2) is 18.2 Å². The summed E-state index contributed by atoms with van der Waals surface area (Å²) in [5.41, 5.74) is 1.04. The number of phenols is 1. The number of hydrogen-bond donors (Lipinski definition) is 2. The van der Waals surface area contributed by atoms with Crippen molar-refractivity contribution in [2.45, 2.75) is 19.3 Å². The van der Waals surface area contributed by atoms with Crippen LogP contribution in [0.2, 0.25) is 0 Å². The fourth-order valence-corrected chi connectivity index (χ4v) is 1.95. The van der Waals surface area contributed by atoms with Crippen LogP contribution in [0.25, 0.3) is 0 Å². The van der Waals surface area contributed by atoms with E-state index in [0.29, 0.717) is 5.75 Å². The number of hydrogen-bond acceptors (Lipinski definition) is 4. The summed E-state index contributed by atoms with van der Waals surface area (Å²) in [5.74, 6) is 5.42. The molecule has 15 heavy (non-hydrogen) atoms. The standard InChI is InChI=1S/C11H16N2O2/c12-15-11-5-4-9(8-10(11)14)13-6-2-1-3-7-13/h4-5,8,14H,1-3,6-7,12H2. The Balaban J connectivity index is 2.17. The van der Waals surface area contributed by atoms with Gasteiger partial charge >= 0.3 is 0 Å². The van der Waals surface area contributed by atoms with Crippen molar-refractivity contribution in [3.63, 3.8) is 0 Å². The molecule has 0 unspecified atom stereocenters. The quantitative estimate of drug-likeness (QED) is 0.725. The summed E-state index contributed by atoms with van der Waals surface area (Å²) < 4.78 is 0. The second kappa shape index (κ2) is 4.40. The Hall–Kier alpha value is -1.42. The lowest BCUT2D eigenvalue weighted by molar-refractivity contribution is 0.313. The minimum absolute atomic E-state index is 0.0978. The van der Waals surface area contributed by atoms with Crippen LogP contribution in [0, 0.1) is 0 Å². The zero-order valence-corrected chi connectivity index (χ0v) is 8.65. The third-order valence-corrected chi connectivity index (χ3v) is 2.79. The Morgan fingerprint density at radius 1 is 1.20 bits per heavy atom. The largest absolute Gasteiger partial charge is 0.504 e. The molecule has 1 aliphatic rings. The molecule has 0 saturated carbocycles. The van der Waals surface area contributed by atoms with Crippen molar-refractivity contribution in [3.8, 4) is 11.5 Å². The lowest BCUT2D eigenvalue weighted by Crippen LogP contribution is -2.29. The third kappa shape index (κ3) is 2.15. The molecule has 0 aliphatic carbocycles. The Kier molecular flexibility index (Phi) is 2.97. The number of rotatable bonds is 2. The van der Waals surface area contributed by atoms with E-state index < -0.39 is 0 Å². The molecular weight excluding hydrogens is 192 g/mol. The molecule has 1 aromatic rings. The zero-order valence-electron chi connectivity index (χ0n) is 8.65. The van der Waals surface area contributed by atoms with Crippen molar-refractivity contribution in [2.75, 3.05) is 18.0 Å². The first-order chi connectivity index (χ1) is 7.31. The predicted octanol–water partition coefficient (Wildman–Crippen LogP) is 1.64. The van der Waals surface area contributed by atoms with E-state index in [9.17, 15) is 5.11 Å². The van der Waals surface area contributed by atoms with Crippen LogP contribution in [0.5, 0.6) is 11.5 Å². The molecule has 4 heteroatoms. The number of benzene rings is 1. The van der Waals surface area contributed by atoms with Gasteiger partial charge in [0.2, 0.25) is 0 Å². The van der Waals surface area contributed by atoms with Crippen LogP contribution >= 0.6 is 0 Å². The van der Waals surface area contributed by atoms with Gasteiger partial charge in [-0.15, -0.1) is 0 Å². The number of nitrogens with two attached hydrogens (primary N) is 1. The molecule has 0 aromatic heterocycles. The van der Waals surface area contributed by atoms with Gasteiger partial charge in [0, 0.05) is 24.8 Å². The minimum atomic E-state index is 0.0978. The molecule has 0 spiro atoms. The SMILES string of the molecule is NOc1ccc(N2CCCCC2)cc1O. The van der Waals surface area contributed by atoms with Crippen LogP contribution in [0.4, 0.5) is 5.69 Å². The maximum absolute atomic E-state index is 9.59. The minimum Gasteiger partial charge on any atom is -0.504 e. The maximum atomic E-state index is 9.59. The fourth-order valence-electron chi connectivity index (χ4n) is 1.95. The lowest BCUT2D eigenvalue weighted by atomic mass is 10.1. The van der Waals surface area contributed by atoms with Gasteiger partial charge in [-0.05, 0) is 31.4 Å². The molecule has 1 aliphatic heterocycles. The van der Waals surface area contributed by atoms with Crippen LogP contribution in [-0.4, -0.2) is 18.2 Å². The Morgan fingerprint density at radius 2 is 1.93 bits per heavy atom. The highest BCUT2D eigenvalue weighted by molar-refractivity contribution is 5.55. The lowest BCUT2D eigenvalue weighted by Gasteiger charge is -2.28. The van der Waals surface area contributed by atoms with Gasteiger partial charge in [0.15, 0.2) is 11.5 Å². The van der Waals surface area contributed by atoms with Crippen LogP contribution in [0.1, 0.15) is 19.3 Å². The zero-order chi connectivity index (χ0) is 10.7. The molecule has 0 amide bonds. The summed E-state index contributed by atoms with van der Waals surface area (Å²) in [6.07, 6.45) is 3.73. The topological polar surface area (TPSA) is 58.7 Å². The van der Waals surface area contributed by atoms with E-state index in [1.165, 1.54) is 19.3 Å². The molecular formula is C11H16N2O2. The summed E-state index contributed by atoms with van der Waals surface area (Å²) in [7, 11) is 0. The summed E-state index contributed by atoms with van der Waals surface area (Å²) in [6, 6.07) is 5.32. The molecule has 0 atom stereocenters. The van der Waals surface area contributed by atoms with Gasteiger partial charge in [-0.3, -0.25) is 0 Å². The summed E-state index contributed by atoms with van der Waals surface area (Å²) in [5, 5.41) is 9.59. The summed E-state index contributed by atoms with van der Waals surface area (Å²) in [6.45, 7) is 2.12. The molecule has 3 N–H and O–H groups in total. The Labute approximate surface area is 89.2 Å².